The van der Waals surface area contributed by atoms with Gasteiger partial charge < -0.3 is 15.2 Å². The van der Waals surface area contributed by atoms with E-state index in [-0.39, 0.29) is 12.1 Å². The zero-order valence-corrected chi connectivity index (χ0v) is 10.9. The van der Waals surface area contributed by atoms with Crippen LogP contribution in [0.5, 0.6) is 0 Å². The van der Waals surface area contributed by atoms with Crippen molar-refractivity contribution in [3.8, 4) is 0 Å². The summed E-state index contributed by atoms with van der Waals surface area (Å²) < 4.78 is 11.2. The van der Waals surface area contributed by atoms with Gasteiger partial charge in [-0.25, -0.2) is 4.79 Å². The highest BCUT2D eigenvalue weighted by Crippen LogP contribution is 2.25. The van der Waals surface area contributed by atoms with Crippen LogP contribution in [0.25, 0.3) is 0 Å². The van der Waals surface area contributed by atoms with Crippen LogP contribution in [0.15, 0.2) is 22.7 Å². The number of hydrogen-bond donors (Lipinski definition) is 1. The summed E-state index contributed by atoms with van der Waals surface area (Å²) in [6.07, 6.45) is 1.46. The Morgan fingerprint density at radius 1 is 1.41 bits per heavy atom. The average Bonchev–Trinajstić information content (AvgIpc) is 2.34. The first-order valence-electron chi connectivity index (χ1n) is 5.51. The molecule has 1 aromatic carbocycles. The van der Waals surface area contributed by atoms with Crippen molar-refractivity contribution in [1.29, 1.82) is 0 Å². The second kappa shape index (κ2) is 5.51. The van der Waals surface area contributed by atoms with Gasteiger partial charge in [-0.2, -0.15) is 0 Å². The van der Waals surface area contributed by atoms with Crippen molar-refractivity contribution in [2.75, 3.05) is 18.9 Å². The van der Waals surface area contributed by atoms with Crippen molar-refractivity contribution in [1.82, 2.24) is 0 Å². The number of rotatable bonds is 2. The molecule has 5 heteroatoms. The summed E-state index contributed by atoms with van der Waals surface area (Å²) in [5.74, 6) is -0.337. The fraction of sp³-hybridized carbons (Fsp3) is 0.417. The number of carbonyl (C=O) groups excluding carboxylic acids is 1. The quantitative estimate of drug-likeness (QED) is 0.673. The monoisotopic (exact) mass is 299 g/mol. The number of benzene rings is 1. The maximum atomic E-state index is 11.9. The molecule has 2 N–H and O–H groups in total. The lowest BCUT2D eigenvalue weighted by Gasteiger charge is -2.22. The molecule has 1 aliphatic heterocycles. The Labute approximate surface area is 108 Å². The van der Waals surface area contributed by atoms with Gasteiger partial charge in [0.15, 0.2) is 0 Å². The van der Waals surface area contributed by atoms with Crippen molar-refractivity contribution in [2.24, 2.45) is 0 Å². The summed E-state index contributed by atoms with van der Waals surface area (Å²) in [6, 6.07) is 5.16. The van der Waals surface area contributed by atoms with Crippen LogP contribution in [0.4, 0.5) is 5.69 Å². The summed E-state index contributed by atoms with van der Waals surface area (Å²) in [7, 11) is 0. The minimum atomic E-state index is -0.337. The Morgan fingerprint density at radius 2 is 2.12 bits per heavy atom. The maximum absolute atomic E-state index is 11.9. The molecule has 0 aromatic heterocycles. The third kappa shape index (κ3) is 2.98. The van der Waals surface area contributed by atoms with Crippen molar-refractivity contribution in [3.63, 3.8) is 0 Å². The summed E-state index contributed by atoms with van der Waals surface area (Å²) in [5, 5.41) is 0. The number of carbonyl (C=O) groups is 1. The molecule has 1 heterocycles. The van der Waals surface area contributed by atoms with Crippen LogP contribution in [-0.4, -0.2) is 25.3 Å². The molecular formula is C12H14BrNO3. The van der Waals surface area contributed by atoms with Crippen molar-refractivity contribution >= 4 is 27.6 Å². The first kappa shape index (κ1) is 12.4. The molecule has 0 unspecified atom stereocenters. The van der Waals surface area contributed by atoms with Gasteiger partial charge in [0.1, 0.15) is 6.10 Å². The Kier molecular flexibility index (Phi) is 4.02. The molecule has 0 spiro atoms. The van der Waals surface area contributed by atoms with E-state index < -0.39 is 0 Å². The molecule has 0 saturated carbocycles. The normalized spacial score (nSPS) is 16.8. The average molecular weight is 300 g/mol. The number of hydrogen-bond acceptors (Lipinski definition) is 4. The highest BCUT2D eigenvalue weighted by atomic mass is 79.9. The lowest BCUT2D eigenvalue weighted by atomic mass is 10.1. The fourth-order valence-corrected chi connectivity index (χ4v) is 2.14. The molecule has 1 fully saturated rings. The third-order valence-electron chi connectivity index (χ3n) is 2.69. The van der Waals surface area contributed by atoms with E-state index in [1.807, 2.05) is 0 Å². The minimum absolute atomic E-state index is 0.0513. The van der Waals surface area contributed by atoms with E-state index >= 15 is 0 Å². The van der Waals surface area contributed by atoms with E-state index in [1.54, 1.807) is 18.2 Å². The second-order valence-electron chi connectivity index (χ2n) is 3.93. The van der Waals surface area contributed by atoms with Crippen molar-refractivity contribution < 1.29 is 14.3 Å². The van der Waals surface area contributed by atoms with Gasteiger partial charge in [-0.3, -0.25) is 0 Å². The molecule has 92 valence electrons. The summed E-state index contributed by atoms with van der Waals surface area (Å²) in [5.41, 5.74) is 6.72. The molecule has 0 atom stereocenters. The Morgan fingerprint density at radius 3 is 2.82 bits per heavy atom. The zero-order valence-electron chi connectivity index (χ0n) is 9.32. The van der Waals surface area contributed by atoms with Crippen LogP contribution in [-0.2, 0) is 9.47 Å². The third-order valence-corrected chi connectivity index (χ3v) is 3.58. The van der Waals surface area contributed by atoms with Crippen molar-refractivity contribution in [2.45, 2.75) is 18.9 Å². The Bertz CT molecular complexity index is 416. The van der Waals surface area contributed by atoms with Gasteiger partial charge in [0.05, 0.1) is 23.2 Å². The first-order valence-corrected chi connectivity index (χ1v) is 6.30. The lowest BCUT2D eigenvalue weighted by molar-refractivity contribution is -0.0159. The largest absolute Gasteiger partial charge is 0.459 e. The lowest BCUT2D eigenvalue weighted by Crippen LogP contribution is -2.26. The molecule has 0 bridgehead atoms. The van der Waals surface area contributed by atoms with Gasteiger partial charge in [-0.1, -0.05) is 6.07 Å². The highest BCUT2D eigenvalue weighted by Gasteiger charge is 2.20. The molecule has 1 aromatic rings. The predicted octanol–water partition coefficient (Wildman–Crippen LogP) is 2.37. The molecule has 1 aliphatic rings. The Balaban J connectivity index is 2.06. The number of halogens is 1. The van der Waals surface area contributed by atoms with Crippen LogP contribution >= 0.6 is 15.9 Å². The van der Waals surface area contributed by atoms with E-state index in [9.17, 15) is 4.79 Å². The molecule has 0 radical (unpaired) electrons. The van der Waals surface area contributed by atoms with Crippen LogP contribution in [0.1, 0.15) is 23.2 Å². The highest BCUT2D eigenvalue weighted by molar-refractivity contribution is 9.10. The predicted molar refractivity (Wildman–Crippen MR) is 67.8 cm³/mol. The van der Waals surface area contributed by atoms with E-state index in [4.69, 9.17) is 15.2 Å². The molecule has 4 nitrogen and oxygen atoms in total. The minimum Gasteiger partial charge on any atom is -0.459 e. The molecule has 17 heavy (non-hydrogen) atoms. The van der Waals surface area contributed by atoms with Gasteiger partial charge >= 0.3 is 5.97 Å². The summed E-state index contributed by atoms with van der Waals surface area (Å²) >= 11 is 3.30. The van der Waals surface area contributed by atoms with E-state index in [1.165, 1.54) is 0 Å². The fourth-order valence-electron chi connectivity index (χ4n) is 1.72. The SMILES string of the molecule is Nc1cccc(C(=O)OC2CCOCC2)c1Br. The summed E-state index contributed by atoms with van der Waals surface area (Å²) in [6.45, 7) is 1.30. The number of nitrogens with two attached hydrogens (primary N) is 1. The second-order valence-corrected chi connectivity index (χ2v) is 4.72. The topological polar surface area (TPSA) is 61.6 Å². The van der Waals surface area contributed by atoms with Gasteiger partial charge in [-0.05, 0) is 28.1 Å². The van der Waals surface area contributed by atoms with Crippen LogP contribution in [0.3, 0.4) is 0 Å². The first-order chi connectivity index (χ1) is 8.18. The van der Waals surface area contributed by atoms with Crippen molar-refractivity contribution in [3.05, 3.63) is 28.2 Å². The van der Waals surface area contributed by atoms with Gasteiger partial charge in [0.2, 0.25) is 0 Å². The molecular weight excluding hydrogens is 286 g/mol. The number of anilines is 1. The molecule has 2 rings (SSSR count). The molecule has 0 amide bonds. The standard InChI is InChI=1S/C12H14BrNO3/c13-11-9(2-1-3-10(11)14)12(15)17-8-4-6-16-7-5-8/h1-3,8H,4-7,14H2. The maximum Gasteiger partial charge on any atom is 0.339 e. The van der Waals surface area contributed by atoms with E-state index in [0.717, 1.165) is 12.8 Å². The smallest absolute Gasteiger partial charge is 0.339 e. The number of esters is 1. The number of nitrogen functional groups attached to an aromatic ring is 1. The molecule has 0 aliphatic carbocycles. The van der Waals surface area contributed by atoms with Crippen LogP contribution < -0.4 is 5.73 Å². The van der Waals surface area contributed by atoms with E-state index in [2.05, 4.69) is 15.9 Å². The summed E-state index contributed by atoms with van der Waals surface area (Å²) in [4.78, 5) is 11.9. The van der Waals surface area contributed by atoms with Gasteiger partial charge in [0.25, 0.3) is 0 Å². The van der Waals surface area contributed by atoms with Gasteiger partial charge in [-0.15, -0.1) is 0 Å². The molecule has 1 saturated heterocycles. The number of ether oxygens (including phenoxy) is 2. The Hall–Kier alpha value is -1.07. The zero-order chi connectivity index (χ0) is 12.3. The van der Waals surface area contributed by atoms with E-state index in [0.29, 0.717) is 28.9 Å². The van der Waals surface area contributed by atoms with Crippen LogP contribution in [0, 0.1) is 0 Å². The van der Waals surface area contributed by atoms with Crippen LogP contribution in [0.2, 0.25) is 0 Å². The van der Waals surface area contributed by atoms with Gasteiger partial charge in [0, 0.05) is 18.5 Å².